The molecule has 1 amide bonds. The van der Waals surface area contributed by atoms with Crippen LogP contribution in [0.1, 0.15) is 19.8 Å². The summed E-state index contributed by atoms with van der Waals surface area (Å²) in [5.74, 6) is 0.128. The average molecular weight is 510 g/mol. The Hall–Kier alpha value is -1.56. The summed E-state index contributed by atoms with van der Waals surface area (Å²) in [6.07, 6.45) is 1.17. The van der Waals surface area contributed by atoms with E-state index in [1.54, 1.807) is 42.2 Å². The molecule has 1 aromatic carbocycles. The number of nitrogens with two attached hydrogens (primary N) is 1. The topological polar surface area (TPSA) is 114 Å². The maximum atomic E-state index is 12.2. The lowest BCUT2D eigenvalue weighted by molar-refractivity contribution is 0.0963. The number of rotatable bonds is 6. The van der Waals surface area contributed by atoms with E-state index < -0.39 is 9.84 Å². The van der Waals surface area contributed by atoms with Crippen molar-refractivity contribution in [2.75, 3.05) is 32.0 Å². The third-order valence-corrected chi connectivity index (χ3v) is 5.83. The molecule has 1 heterocycles. The molecule has 1 fully saturated rings. The summed E-state index contributed by atoms with van der Waals surface area (Å²) in [4.78, 5) is 17.7. The van der Waals surface area contributed by atoms with Gasteiger partial charge in [0.25, 0.3) is 0 Å². The highest BCUT2D eigenvalue weighted by Crippen LogP contribution is 2.12. The Morgan fingerprint density at radius 1 is 1.30 bits per heavy atom. The molecule has 0 aromatic heterocycles. The monoisotopic (exact) mass is 510 g/mol. The number of hydrogen-bond acceptors (Lipinski definition) is 5. The van der Waals surface area contributed by atoms with Gasteiger partial charge in [-0.3, -0.25) is 4.99 Å². The summed E-state index contributed by atoms with van der Waals surface area (Å²) in [6.45, 7) is 3.42. The highest BCUT2D eigenvalue weighted by Gasteiger charge is 2.23. The molecule has 1 aliphatic rings. The zero-order chi connectivity index (χ0) is 19.0. The van der Waals surface area contributed by atoms with Crippen molar-refractivity contribution in [2.24, 2.45) is 10.7 Å². The Morgan fingerprint density at radius 3 is 2.52 bits per heavy atom. The van der Waals surface area contributed by atoms with Crippen LogP contribution in [-0.2, 0) is 14.6 Å². The zero-order valence-corrected chi connectivity index (χ0v) is 18.5. The molecular formula is C17H27IN4O4S. The number of sulfone groups is 1. The van der Waals surface area contributed by atoms with Crippen molar-refractivity contribution >= 4 is 45.9 Å². The third-order valence-electron chi connectivity index (χ3n) is 4.12. The van der Waals surface area contributed by atoms with Gasteiger partial charge in [0.1, 0.15) is 0 Å². The fourth-order valence-electron chi connectivity index (χ4n) is 2.71. The molecule has 1 saturated heterocycles. The second-order valence-corrected chi connectivity index (χ2v) is 8.11. The lowest BCUT2D eigenvalue weighted by Gasteiger charge is -2.31. The summed E-state index contributed by atoms with van der Waals surface area (Å²) in [7, 11) is -3.36. The van der Waals surface area contributed by atoms with Gasteiger partial charge >= 0.3 is 6.09 Å². The largest absolute Gasteiger partial charge is 0.450 e. The van der Waals surface area contributed by atoms with Crippen molar-refractivity contribution in [3.8, 4) is 0 Å². The minimum atomic E-state index is -3.36. The molecule has 27 heavy (non-hydrogen) atoms. The Morgan fingerprint density at radius 2 is 1.93 bits per heavy atom. The Bertz CT molecular complexity index is 720. The normalized spacial score (nSPS) is 15.7. The van der Waals surface area contributed by atoms with E-state index in [4.69, 9.17) is 10.5 Å². The van der Waals surface area contributed by atoms with Gasteiger partial charge in [-0.05, 0) is 31.9 Å². The van der Waals surface area contributed by atoms with Crippen LogP contribution in [0.2, 0.25) is 0 Å². The van der Waals surface area contributed by atoms with E-state index in [1.165, 1.54) is 0 Å². The van der Waals surface area contributed by atoms with Gasteiger partial charge in [-0.1, -0.05) is 18.2 Å². The van der Waals surface area contributed by atoms with Gasteiger partial charge in [-0.25, -0.2) is 13.2 Å². The predicted octanol–water partition coefficient (Wildman–Crippen LogP) is 1.60. The quantitative estimate of drug-likeness (QED) is 0.342. The molecular weight excluding hydrogens is 483 g/mol. The molecule has 0 radical (unpaired) electrons. The van der Waals surface area contributed by atoms with Crippen molar-refractivity contribution in [1.82, 2.24) is 10.2 Å². The summed E-state index contributed by atoms with van der Waals surface area (Å²) in [5.41, 5.74) is 5.85. The smallest absolute Gasteiger partial charge is 0.409 e. The first-order valence-electron chi connectivity index (χ1n) is 8.68. The Kier molecular flexibility index (Phi) is 9.84. The molecule has 0 saturated carbocycles. The van der Waals surface area contributed by atoms with Crippen LogP contribution in [0, 0.1) is 0 Å². The average Bonchev–Trinajstić information content (AvgIpc) is 2.63. The molecule has 8 nitrogen and oxygen atoms in total. The molecule has 0 aliphatic carbocycles. The summed E-state index contributed by atoms with van der Waals surface area (Å²) in [6, 6.07) is 8.39. The molecule has 0 atom stereocenters. The Balaban J connectivity index is 0.00000364. The standard InChI is InChI=1S/C17H26N4O4S.HI/c1-2-25-17(22)21-11-8-14(9-12-21)20-16(18)19-10-13-26(23,24)15-6-4-3-5-7-15;/h3-7,14H,2,8-13H2,1H3,(H3,18,19,20);1H. The molecule has 152 valence electrons. The van der Waals surface area contributed by atoms with Crippen LogP contribution in [0.4, 0.5) is 4.79 Å². The van der Waals surface area contributed by atoms with Gasteiger partial charge in [0, 0.05) is 19.1 Å². The molecule has 3 N–H and O–H groups in total. The van der Waals surface area contributed by atoms with Crippen molar-refractivity contribution < 1.29 is 17.9 Å². The fraction of sp³-hybridized carbons (Fsp3) is 0.529. The number of halogens is 1. The number of nitrogens with one attached hydrogen (secondary N) is 1. The Labute approximate surface area is 177 Å². The number of likely N-dealkylation sites (tertiary alicyclic amines) is 1. The molecule has 1 aliphatic heterocycles. The number of guanidine groups is 1. The minimum absolute atomic E-state index is 0. The number of hydrogen-bond donors (Lipinski definition) is 2. The summed E-state index contributed by atoms with van der Waals surface area (Å²) in [5, 5.41) is 3.09. The summed E-state index contributed by atoms with van der Waals surface area (Å²) >= 11 is 0. The van der Waals surface area contributed by atoms with Gasteiger partial charge in [0.15, 0.2) is 15.8 Å². The van der Waals surface area contributed by atoms with Crippen LogP contribution >= 0.6 is 24.0 Å². The molecule has 0 unspecified atom stereocenters. The number of nitrogens with zero attached hydrogens (tertiary/aromatic N) is 2. The maximum Gasteiger partial charge on any atom is 0.409 e. The number of benzene rings is 1. The van der Waals surface area contributed by atoms with Crippen LogP contribution in [0.25, 0.3) is 0 Å². The number of amides is 1. The zero-order valence-electron chi connectivity index (χ0n) is 15.3. The second kappa shape index (κ2) is 11.3. The van der Waals surface area contributed by atoms with Crippen molar-refractivity contribution in [1.29, 1.82) is 0 Å². The van der Waals surface area contributed by atoms with Crippen LogP contribution in [-0.4, -0.2) is 63.4 Å². The van der Waals surface area contributed by atoms with Crippen molar-refractivity contribution in [2.45, 2.75) is 30.7 Å². The maximum absolute atomic E-state index is 12.2. The number of carbonyl (C=O) groups is 1. The van der Waals surface area contributed by atoms with Gasteiger partial charge < -0.3 is 20.7 Å². The van der Waals surface area contributed by atoms with E-state index in [-0.39, 0.29) is 59.3 Å². The van der Waals surface area contributed by atoms with Crippen LogP contribution in [0.3, 0.4) is 0 Å². The van der Waals surface area contributed by atoms with Gasteiger partial charge in [-0.2, -0.15) is 0 Å². The molecule has 0 spiro atoms. The van der Waals surface area contributed by atoms with E-state index in [2.05, 4.69) is 10.3 Å². The van der Waals surface area contributed by atoms with E-state index in [1.807, 2.05) is 0 Å². The predicted molar refractivity (Wildman–Crippen MR) is 115 cm³/mol. The molecule has 1 aromatic rings. The van der Waals surface area contributed by atoms with Gasteiger partial charge in [-0.15, -0.1) is 24.0 Å². The van der Waals surface area contributed by atoms with E-state index in [9.17, 15) is 13.2 Å². The number of ether oxygens (including phenoxy) is 1. The van der Waals surface area contributed by atoms with Crippen molar-refractivity contribution in [3.05, 3.63) is 30.3 Å². The van der Waals surface area contributed by atoms with Gasteiger partial charge in [0.05, 0.1) is 23.8 Å². The lowest BCUT2D eigenvalue weighted by Crippen LogP contribution is -2.48. The minimum Gasteiger partial charge on any atom is -0.450 e. The third kappa shape index (κ3) is 7.53. The van der Waals surface area contributed by atoms with Crippen LogP contribution in [0.5, 0.6) is 0 Å². The first-order chi connectivity index (χ1) is 12.4. The van der Waals surface area contributed by atoms with Crippen LogP contribution < -0.4 is 11.1 Å². The molecule has 10 heteroatoms. The van der Waals surface area contributed by atoms with E-state index in [0.29, 0.717) is 19.7 Å². The highest BCUT2D eigenvalue weighted by atomic mass is 127. The van der Waals surface area contributed by atoms with Crippen molar-refractivity contribution in [3.63, 3.8) is 0 Å². The fourth-order valence-corrected chi connectivity index (χ4v) is 3.85. The number of carbonyl (C=O) groups excluding carboxylic acids is 1. The van der Waals surface area contributed by atoms with E-state index in [0.717, 1.165) is 12.8 Å². The molecule has 2 rings (SSSR count). The first-order valence-corrected chi connectivity index (χ1v) is 10.3. The number of piperidine rings is 1. The van der Waals surface area contributed by atoms with Crippen LogP contribution in [0.15, 0.2) is 40.2 Å². The first kappa shape index (κ1) is 23.5. The summed E-state index contributed by atoms with van der Waals surface area (Å²) < 4.78 is 29.3. The number of aliphatic imine (C=N–C) groups is 1. The SMILES string of the molecule is CCOC(=O)N1CCC(NC(N)=NCCS(=O)(=O)c2ccccc2)CC1.I. The van der Waals surface area contributed by atoms with E-state index >= 15 is 0 Å². The lowest BCUT2D eigenvalue weighted by atomic mass is 10.1. The highest BCUT2D eigenvalue weighted by molar-refractivity contribution is 14.0. The molecule has 0 bridgehead atoms. The second-order valence-electron chi connectivity index (χ2n) is 6.00. The van der Waals surface area contributed by atoms with Gasteiger partial charge in [0.2, 0.25) is 0 Å².